The molecule has 23 nitrogen and oxygen atoms in total. The lowest BCUT2D eigenvalue weighted by molar-refractivity contribution is -0.142. The van der Waals surface area contributed by atoms with Crippen LogP contribution < -0.4 is 19.7 Å². The number of nitrogens with zero attached hydrogens (tertiary/aromatic N) is 11. The van der Waals surface area contributed by atoms with Crippen LogP contribution in [0.1, 0.15) is 145 Å². The number of oxazole rings is 1. The average Bonchev–Trinajstić information content (AvgIpc) is 1.33. The largest absolute Gasteiger partial charge is 0.486 e. The molecule has 4 saturated heterocycles. The van der Waals surface area contributed by atoms with Crippen molar-refractivity contribution in [2.75, 3.05) is 58.0 Å². The third-order valence-corrected chi connectivity index (χ3v) is 18.8. The monoisotopic (exact) mass is 1290 g/mol. The molecule has 3 N–H and O–H groups in total. The third-order valence-electron chi connectivity index (χ3n) is 18.8. The molecule has 1 aliphatic carbocycles. The molecule has 4 aliphatic heterocycles. The van der Waals surface area contributed by atoms with E-state index in [1.165, 1.54) is 16.0 Å². The highest BCUT2D eigenvalue weighted by Crippen LogP contribution is 2.54. The molecular weight excluding hydrogens is 1200 g/mol. The maximum Gasteiger partial charge on any atom is 0.410 e. The topological polar surface area (TPSA) is 260 Å². The number of likely N-dealkylation sites (N-methyl/N-ethyl adjacent to an activating group) is 1. The van der Waals surface area contributed by atoms with Crippen molar-refractivity contribution in [2.24, 2.45) is 5.92 Å². The number of benzene rings is 4. The van der Waals surface area contributed by atoms with Gasteiger partial charge in [-0.15, -0.1) is 5.10 Å². The zero-order valence-electron chi connectivity index (χ0n) is 54.6. The van der Waals surface area contributed by atoms with Crippen molar-refractivity contribution >= 4 is 45.5 Å². The highest BCUT2D eigenvalue weighted by atomic mass is 19.1. The van der Waals surface area contributed by atoms with Gasteiger partial charge < -0.3 is 58.3 Å². The van der Waals surface area contributed by atoms with Gasteiger partial charge in [0.25, 0.3) is 0 Å². The van der Waals surface area contributed by atoms with Crippen LogP contribution in [-0.2, 0) is 30.4 Å². The zero-order valence-corrected chi connectivity index (χ0v) is 54.6. The van der Waals surface area contributed by atoms with Crippen LogP contribution >= 0.6 is 0 Å². The van der Waals surface area contributed by atoms with E-state index in [4.69, 9.17) is 43.2 Å². The van der Waals surface area contributed by atoms with E-state index in [-0.39, 0.29) is 68.5 Å². The number of carbonyl (C=O) groups is 3. The van der Waals surface area contributed by atoms with Crippen molar-refractivity contribution in [1.82, 2.24) is 54.8 Å². The first kappa shape index (κ1) is 64.1. The van der Waals surface area contributed by atoms with Gasteiger partial charge in [0.15, 0.2) is 24.1 Å². The maximum atomic E-state index is 17.0. The molecule has 0 bridgehead atoms. The highest BCUT2D eigenvalue weighted by Gasteiger charge is 2.44. The van der Waals surface area contributed by atoms with Gasteiger partial charge in [-0.2, -0.15) is 15.1 Å². The number of aryl methyl sites for hydroxylation is 1. The molecule has 5 aliphatic rings. The maximum absolute atomic E-state index is 17.0. The molecule has 0 radical (unpaired) electrons. The molecule has 7 atom stereocenters. The number of carbonyl (C=O) groups excluding carboxylic acids is 3. The second kappa shape index (κ2) is 26.7. The number of hydrogen-bond acceptors (Lipinski definition) is 18. The Balaban J connectivity index is 0.817. The first-order valence-electron chi connectivity index (χ1n) is 32.9. The van der Waals surface area contributed by atoms with Crippen molar-refractivity contribution < 1.29 is 57.1 Å². The van der Waals surface area contributed by atoms with E-state index in [1.807, 2.05) is 95.9 Å². The number of halogens is 1. The van der Waals surface area contributed by atoms with Crippen molar-refractivity contribution in [1.29, 1.82) is 0 Å². The third kappa shape index (κ3) is 13.2. The molecule has 0 spiro atoms. The van der Waals surface area contributed by atoms with Crippen LogP contribution in [0.3, 0.4) is 0 Å². The Bertz CT molecular complexity index is 4070. The Hall–Kier alpha value is -8.58. The summed E-state index contributed by atoms with van der Waals surface area (Å²) in [6, 6.07) is 15.9. The summed E-state index contributed by atoms with van der Waals surface area (Å²) in [5.41, 5.74) is 7.34. The second-order valence-electron chi connectivity index (χ2n) is 27.1. The van der Waals surface area contributed by atoms with Gasteiger partial charge in [-0.1, -0.05) is 67.6 Å². The quantitative estimate of drug-likeness (QED) is 0.0641. The summed E-state index contributed by atoms with van der Waals surface area (Å²) in [7, 11) is 1.99. The van der Waals surface area contributed by atoms with Crippen LogP contribution in [0, 0.1) is 25.6 Å². The fraction of sp³-hybridized carbons (Fsp3) is 0.500. The predicted octanol–water partition coefficient (Wildman–Crippen LogP) is 10.5. The molecule has 13 rings (SSSR count). The van der Waals surface area contributed by atoms with Crippen molar-refractivity contribution in [3.05, 3.63) is 113 Å². The Morgan fingerprint density at radius 2 is 1.67 bits per heavy atom. The fourth-order valence-corrected chi connectivity index (χ4v) is 13.7. The van der Waals surface area contributed by atoms with Crippen LogP contribution in [0.2, 0.25) is 0 Å². The summed E-state index contributed by atoms with van der Waals surface area (Å²) in [6.45, 7) is 14.9. The standard InChI is InChI=1S/C70H83FN12O11/c1-39(2)62(67(87)81-33-48(85)28-57(81)66(86)74-55(35-84)45-20-22-46(23-21-45)63-41(4)72-38-93-63)82-34-54(77-78-82)44-16-14-42(15-17-44)36-91-64-60(59-40(3)53(71)30-56-52(59)31-73-83(56)58-13-9-10-26-90-58)50(43-18-19-43)29-51-61(64)75-68(92-37-49-12-11-27-89-49)76-65(51)79(8)47-24-25-80(32-47)69(88)94-70(5,6)7/h14-17,20-23,29-31,34,38-39,43,47-49,55,57-58,62,84-85H,9-13,18-19,24-28,32-33,35-37H2,1-8H3,(H,74,86)/t47-,48+,49+,55-,57-,58?,62-/m0/s1. The minimum absolute atomic E-state index is 0.0124. The lowest BCUT2D eigenvalue weighted by atomic mass is 9.88. The average molecular weight is 1290 g/mol. The van der Waals surface area contributed by atoms with Gasteiger partial charge in [0, 0.05) is 91.5 Å². The molecule has 4 aromatic heterocycles. The Morgan fingerprint density at radius 3 is 2.36 bits per heavy atom. The smallest absolute Gasteiger partial charge is 0.410 e. The molecule has 24 heteroatoms. The molecule has 94 heavy (non-hydrogen) atoms. The van der Waals surface area contributed by atoms with Gasteiger partial charge in [0.2, 0.25) is 11.8 Å². The molecule has 5 fully saturated rings. The van der Waals surface area contributed by atoms with Crippen LogP contribution in [0.15, 0.2) is 83.9 Å². The van der Waals surface area contributed by atoms with E-state index in [2.05, 4.69) is 31.6 Å². The van der Waals surface area contributed by atoms with E-state index in [9.17, 15) is 24.6 Å². The number of aliphatic hydroxyl groups is 2. The lowest BCUT2D eigenvalue weighted by Crippen LogP contribution is -2.50. The number of nitrogens with one attached hydrogen (secondary N) is 1. The number of rotatable bonds is 20. The predicted molar refractivity (Wildman–Crippen MR) is 347 cm³/mol. The minimum atomic E-state index is -1.02. The SMILES string of the molecule is Cc1ncoc1-c1ccc([C@H](CO)NC(=O)[C@@H]2C[C@@H](O)CN2C(=O)[C@H](C(C)C)n2cc(-c3ccc(COc4c(-c5c(C)c(F)cc6c5cnn6C5CCCCO5)c(C5CC5)cc5c(N(C)[C@H]6CCN(C(=O)OC(C)(C)C)C6)nc(OC[C@H]6CCCO6)nc45)cc3)nn2)cc1. The number of β-amino-alcohol motifs (C(OH)–C–C–N with tert-alkyl or cyclic N) is 1. The summed E-state index contributed by atoms with van der Waals surface area (Å²) in [5, 5.41) is 39.8. The molecular formula is C70H83FN12O11. The van der Waals surface area contributed by atoms with Crippen molar-refractivity contribution in [2.45, 2.75) is 167 Å². The van der Waals surface area contributed by atoms with Gasteiger partial charge in [-0.05, 0) is 126 Å². The van der Waals surface area contributed by atoms with Gasteiger partial charge in [-0.3, -0.25) is 9.59 Å². The number of aliphatic hydroxyl groups excluding tert-OH is 2. The van der Waals surface area contributed by atoms with E-state index in [1.54, 1.807) is 36.2 Å². The van der Waals surface area contributed by atoms with Gasteiger partial charge >= 0.3 is 12.1 Å². The van der Waals surface area contributed by atoms with E-state index in [0.717, 1.165) is 72.7 Å². The molecule has 1 saturated carbocycles. The van der Waals surface area contributed by atoms with Gasteiger partial charge in [-0.25, -0.2) is 23.5 Å². The number of aromatic nitrogens is 8. The summed E-state index contributed by atoms with van der Waals surface area (Å²) in [6.07, 6.45) is 9.96. The number of likely N-dealkylation sites (tertiary alicyclic amines) is 2. The number of amides is 3. The minimum Gasteiger partial charge on any atom is -0.486 e. The summed E-state index contributed by atoms with van der Waals surface area (Å²) >= 11 is 0. The number of ether oxygens (including phenoxy) is 5. The molecule has 1 unspecified atom stereocenters. The van der Waals surface area contributed by atoms with E-state index >= 15 is 4.39 Å². The molecule has 3 amide bonds. The molecule has 8 aromatic rings. The van der Waals surface area contributed by atoms with Crippen molar-refractivity contribution in [3.8, 4) is 45.5 Å². The normalized spacial score (nSPS) is 20.7. The summed E-state index contributed by atoms with van der Waals surface area (Å²) < 4.78 is 57.7. The molecule has 4 aromatic carbocycles. The van der Waals surface area contributed by atoms with E-state index < -0.39 is 54.1 Å². The fourth-order valence-electron chi connectivity index (χ4n) is 13.7. The number of fused-ring (bicyclic) bond motifs is 2. The van der Waals surface area contributed by atoms with Crippen LogP contribution in [0.25, 0.3) is 55.5 Å². The van der Waals surface area contributed by atoms with Crippen molar-refractivity contribution in [3.63, 3.8) is 0 Å². The van der Waals surface area contributed by atoms with Gasteiger partial charge in [0.1, 0.15) is 53.7 Å². The lowest BCUT2D eigenvalue weighted by Gasteiger charge is -2.30. The summed E-state index contributed by atoms with van der Waals surface area (Å²) in [5.74, 6) is 0.134. The van der Waals surface area contributed by atoms with Gasteiger partial charge in [0.05, 0.1) is 48.5 Å². The number of anilines is 1. The first-order valence-corrected chi connectivity index (χ1v) is 32.9. The highest BCUT2D eigenvalue weighted by molar-refractivity contribution is 6.06. The molecule has 496 valence electrons. The summed E-state index contributed by atoms with van der Waals surface area (Å²) in [4.78, 5) is 62.1. The van der Waals surface area contributed by atoms with Crippen LogP contribution in [0.5, 0.6) is 11.8 Å². The Labute approximate surface area is 544 Å². The zero-order chi connectivity index (χ0) is 65.7. The Morgan fingerprint density at radius 1 is 0.894 bits per heavy atom. The Kier molecular flexibility index (Phi) is 18.2. The second-order valence-corrected chi connectivity index (χ2v) is 27.1. The van der Waals surface area contributed by atoms with Crippen LogP contribution in [0.4, 0.5) is 15.0 Å². The molecule has 8 heterocycles. The number of hydrogen-bond donors (Lipinski definition) is 3. The van der Waals surface area contributed by atoms with Crippen LogP contribution in [-0.4, -0.2) is 161 Å². The van der Waals surface area contributed by atoms with E-state index in [0.29, 0.717) is 100.0 Å². The first-order chi connectivity index (χ1) is 45.3.